The molecule has 0 amide bonds. The maximum Gasteiger partial charge on any atom is 0.123 e. The molecule has 0 saturated carbocycles. The molecule has 4 heteroatoms. The van der Waals surface area contributed by atoms with Crippen molar-refractivity contribution in [1.29, 1.82) is 0 Å². The monoisotopic (exact) mass is 352 g/mol. The minimum Gasteiger partial charge on any atom is -0.496 e. The Kier molecular flexibility index (Phi) is 5.01. The molecule has 0 aliphatic rings. The first-order valence-corrected chi connectivity index (χ1v) is 7.48. The van der Waals surface area contributed by atoms with E-state index in [-0.39, 0.29) is 5.82 Å². The summed E-state index contributed by atoms with van der Waals surface area (Å²) in [5, 5.41) is 10.6. The molecule has 112 valence electrons. The Morgan fingerprint density at radius 2 is 1.81 bits per heavy atom. The van der Waals surface area contributed by atoms with Crippen molar-refractivity contribution in [3.8, 4) is 5.75 Å². The smallest absolute Gasteiger partial charge is 0.123 e. The molecule has 1 atom stereocenters. The molecular formula is C17H18BrFO2. The molecule has 0 radical (unpaired) electrons. The van der Waals surface area contributed by atoms with Crippen LogP contribution in [0.3, 0.4) is 0 Å². The van der Waals surface area contributed by atoms with Crippen LogP contribution in [0.15, 0.2) is 46.9 Å². The normalized spacial score (nSPS) is 13.8. The van der Waals surface area contributed by atoms with Gasteiger partial charge in [-0.2, -0.15) is 0 Å². The number of benzene rings is 2. The van der Waals surface area contributed by atoms with Gasteiger partial charge >= 0.3 is 0 Å². The lowest BCUT2D eigenvalue weighted by molar-refractivity contribution is 0.0601. The molecule has 0 bridgehead atoms. The number of rotatable bonds is 5. The molecule has 0 aliphatic heterocycles. The van der Waals surface area contributed by atoms with Gasteiger partial charge in [0.2, 0.25) is 0 Å². The second-order valence-electron chi connectivity index (χ2n) is 5.43. The van der Waals surface area contributed by atoms with Crippen molar-refractivity contribution < 1.29 is 14.2 Å². The highest BCUT2D eigenvalue weighted by Gasteiger charge is 2.23. The van der Waals surface area contributed by atoms with Gasteiger partial charge in [0.15, 0.2) is 0 Å². The lowest BCUT2D eigenvalue weighted by Crippen LogP contribution is -2.30. The third-order valence-corrected chi connectivity index (χ3v) is 3.81. The molecule has 2 rings (SSSR count). The van der Waals surface area contributed by atoms with Crippen LogP contribution in [0.5, 0.6) is 5.75 Å². The third-order valence-electron chi connectivity index (χ3n) is 3.31. The highest BCUT2D eigenvalue weighted by molar-refractivity contribution is 9.10. The van der Waals surface area contributed by atoms with E-state index in [1.165, 1.54) is 12.1 Å². The summed E-state index contributed by atoms with van der Waals surface area (Å²) in [6, 6.07) is 11.9. The summed E-state index contributed by atoms with van der Waals surface area (Å²) >= 11 is 3.43. The van der Waals surface area contributed by atoms with Crippen LogP contribution in [-0.2, 0) is 12.8 Å². The van der Waals surface area contributed by atoms with E-state index in [0.717, 1.165) is 21.3 Å². The van der Waals surface area contributed by atoms with Gasteiger partial charge in [0, 0.05) is 17.3 Å². The minimum atomic E-state index is -0.939. The fraction of sp³-hybridized carbons (Fsp3) is 0.294. The Balaban J connectivity index is 2.16. The topological polar surface area (TPSA) is 29.5 Å². The van der Waals surface area contributed by atoms with E-state index in [1.807, 2.05) is 18.2 Å². The second-order valence-corrected chi connectivity index (χ2v) is 6.35. The number of methoxy groups -OCH3 is 1. The Labute approximate surface area is 132 Å². The van der Waals surface area contributed by atoms with Gasteiger partial charge in [-0.15, -0.1) is 0 Å². The van der Waals surface area contributed by atoms with Crippen LogP contribution in [0.2, 0.25) is 0 Å². The zero-order chi connectivity index (χ0) is 15.5. The highest BCUT2D eigenvalue weighted by Crippen LogP contribution is 2.28. The van der Waals surface area contributed by atoms with Crippen molar-refractivity contribution in [2.24, 2.45) is 0 Å². The van der Waals surface area contributed by atoms with E-state index in [0.29, 0.717) is 12.8 Å². The van der Waals surface area contributed by atoms with Crippen molar-refractivity contribution >= 4 is 15.9 Å². The van der Waals surface area contributed by atoms with Gasteiger partial charge in [0.05, 0.1) is 12.7 Å². The quantitative estimate of drug-likeness (QED) is 0.876. The molecule has 0 heterocycles. The summed E-state index contributed by atoms with van der Waals surface area (Å²) in [5.74, 6) is 0.477. The van der Waals surface area contributed by atoms with Crippen LogP contribution in [0.1, 0.15) is 18.1 Å². The molecule has 0 fully saturated rings. The first kappa shape index (κ1) is 16.0. The van der Waals surface area contributed by atoms with Crippen molar-refractivity contribution in [3.63, 3.8) is 0 Å². The standard InChI is InChI=1S/C17H18BrFO2/c1-17(20,10-12-3-6-15(19)7-4-12)11-13-9-14(18)5-8-16(13)21-2/h3-9,20H,10-11H2,1-2H3. The number of ether oxygens (including phenoxy) is 1. The molecule has 0 spiro atoms. The van der Waals surface area contributed by atoms with Crippen molar-refractivity contribution in [2.45, 2.75) is 25.4 Å². The molecule has 0 aliphatic carbocycles. The molecule has 1 N–H and O–H groups in total. The number of hydrogen-bond acceptors (Lipinski definition) is 2. The van der Waals surface area contributed by atoms with E-state index in [1.54, 1.807) is 26.2 Å². The molecule has 0 saturated heterocycles. The summed E-state index contributed by atoms with van der Waals surface area (Å²) < 4.78 is 19.2. The summed E-state index contributed by atoms with van der Waals surface area (Å²) in [5.41, 5.74) is 0.890. The van der Waals surface area contributed by atoms with E-state index >= 15 is 0 Å². The maximum absolute atomic E-state index is 12.9. The van der Waals surface area contributed by atoms with Gasteiger partial charge < -0.3 is 9.84 Å². The SMILES string of the molecule is COc1ccc(Br)cc1CC(C)(O)Cc1ccc(F)cc1. The Bertz CT molecular complexity index is 609. The van der Waals surface area contributed by atoms with Crippen molar-refractivity contribution in [2.75, 3.05) is 7.11 Å². The maximum atomic E-state index is 12.9. The highest BCUT2D eigenvalue weighted by atomic mass is 79.9. The van der Waals surface area contributed by atoms with Crippen LogP contribution >= 0.6 is 15.9 Å². The average molecular weight is 353 g/mol. The van der Waals surface area contributed by atoms with Crippen LogP contribution in [0, 0.1) is 5.82 Å². The van der Waals surface area contributed by atoms with Crippen molar-refractivity contribution in [1.82, 2.24) is 0 Å². The largest absolute Gasteiger partial charge is 0.496 e. The molecule has 2 aromatic rings. The van der Waals surface area contributed by atoms with Crippen LogP contribution in [-0.4, -0.2) is 17.8 Å². The predicted molar refractivity (Wildman–Crippen MR) is 85.1 cm³/mol. The predicted octanol–water partition coefficient (Wildman–Crippen LogP) is 4.13. The van der Waals surface area contributed by atoms with E-state index in [9.17, 15) is 9.50 Å². The number of aliphatic hydroxyl groups is 1. The number of halogens is 2. The van der Waals surface area contributed by atoms with Gasteiger partial charge in [0.1, 0.15) is 11.6 Å². The fourth-order valence-electron chi connectivity index (χ4n) is 2.40. The first-order valence-electron chi connectivity index (χ1n) is 6.69. The summed E-state index contributed by atoms with van der Waals surface area (Å²) in [6.07, 6.45) is 0.899. The molecule has 0 aromatic heterocycles. The second kappa shape index (κ2) is 6.58. The molecule has 2 aromatic carbocycles. The van der Waals surface area contributed by atoms with Gasteiger partial charge in [-0.3, -0.25) is 0 Å². The zero-order valence-electron chi connectivity index (χ0n) is 12.1. The van der Waals surface area contributed by atoms with Gasteiger partial charge in [-0.1, -0.05) is 28.1 Å². The third kappa shape index (κ3) is 4.55. The van der Waals surface area contributed by atoms with Crippen LogP contribution in [0.25, 0.3) is 0 Å². The first-order chi connectivity index (χ1) is 9.89. The lowest BCUT2D eigenvalue weighted by atomic mass is 9.89. The van der Waals surface area contributed by atoms with Crippen LogP contribution in [0.4, 0.5) is 4.39 Å². The summed E-state index contributed by atoms with van der Waals surface area (Å²) in [7, 11) is 1.61. The van der Waals surface area contributed by atoms with Crippen LogP contribution < -0.4 is 4.74 Å². The van der Waals surface area contributed by atoms with Gasteiger partial charge in [0.25, 0.3) is 0 Å². The summed E-state index contributed by atoms with van der Waals surface area (Å²) in [4.78, 5) is 0. The molecule has 2 nitrogen and oxygen atoms in total. The zero-order valence-corrected chi connectivity index (χ0v) is 13.7. The van der Waals surface area contributed by atoms with Crippen molar-refractivity contribution in [3.05, 3.63) is 63.9 Å². The van der Waals surface area contributed by atoms with Gasteiger partial charge in [-0.25, -0.2) is 4.39 Å². The van der Waals surface area contributed by atoms with E-state index < -0.39 is 5.60 Å². The average Bonchev–Trinajstić information content (AvgIpc) is 2.41. The van der Waals surface area contributed by atoms with E-state index in [4.69, 9.17) is 4.74 Å². The molecule has 1 unspecified atom stereocenters. The molecular weight excluding hydrogens is 335 g/mol. The van der Waals surface area contributed by atoms with Gasteiger partial charge in [-0.05, 0) is 48.4 Å². The lowest BCUT2D eigenvalue weighted by Gasteiger charge is -2.24. The minimum absolute atomic E-state index is 0.271. The Hall–Kier alpha value is -1.39. The Morgan fingerprint density at radius 1 is 1.14 bits per heavy atom. The summed E-state index contributed by atoms with van der Waals surface area (Å²) in [6.45, 7) is 1.77. The number of hydrogen-bond donors (Lipinski definition) is 1. The molecule has 21 heavy (non-hydrogen) atoms. The fourth-order valence-corrected chi connectivity index (χ4v) is 2.81. The Morgan fingerprint density at radius 3 is 2.43 bits per heavy atom. The van der Waals surface area contributed by atoms with E-state index in [2.05, 4.69) is 15.9 Å².